The summed E-state index contributed by atoms with van der Waals surface area (Å²) >= 11 is 0. The Balaban J connectivity index is 2.15. The van der Waals surface area contributed by atoms with E-state index in [1.165, 1.54) is 12.1 Å². The van der Waals surface area contributed by atoms with E-state index in [0.29, 0.717) is 0 Å². The highest BCUT2D eigenvalue weighted by Gasteiger charge is 2.19. The van der Waals surface area contributed by atoms with Gasteiger partial charge in [-0.2, -0.15) is 5.10 Å². The highest BCUT2D eigenvalue weighted by atomic mass is 19.1. The fraction of sp³-hybridized carbons (Fsp3) is 0.444. The van der Waals surface area contributed by atoms with Crippen molar-refractivity contribution in [2.24, 2.45) is 5.92 Å². The van der Waals surface area contributed by atoms with E-state index in [4.69, 9.17) is 0 Å². The lowest BCUT2D eigenvalue weighted by atomic mass is 10.0. The monoisotopic (exact) mass is 317 g/mol. The fourth-order valence-electron chi connectivity index (χ4n) is 2.69. The van der Waals surface area contributed by atoms with E-state index in [1.54, 1.807) is 23.0 Å². The summed E-state index contributed by atoms with van der Waals surface area (Å²) in [5, 5.41) is 7.41. The molecule has 0 saturated carbocycles. The smallest absolute Gasteiger partial charge is 0.223 e. The van der Waals surface area contributed by atoms with Crippen LogP contribution in [0.4, 0.5) is 4.39 Å². The van der Waals surface area contributed by atoms with Crippen LogP contribution < -0.4 is 5.32 Å². The van der Waals surface area contributed by atoms with Crippen LogP contribution >= 0.6 is 0 Å². The van der Waals surface area contributed by atoms with Gasteiger partial charge in [0.25, 0.3) is 0 Å². The van der Waals surface area contributed by atoms with Crippen LogP contribution in [-0.2, 0) is 4.79 Å². The highest BCUT2D eigenvalue weighted by molar-refractivity contribution is 5.78. The number of halogens is 1. The van der Waals surface area contributed by atoms with Crippen molar-refractivity contribution < 1.29 is 9.18 Å². The van der Waals surface area contributed by atoms with Crippen LogP contribution in [0.25, 0.3) is 5.69 Å². The molecule has 1 heterocycles. The lowest BCUT2D eigenvalue weighted by Crippen LogP contribution is -2.31. The summed E-state index contributed by atoms with van der Waals surface area (Å²) in [5.74, 6) is -0.201. The molecule has 23 heavy (non-hydrogen) atoms. The Bertz CT molecular complexity index is 663. The second kappa shape index (κ2) is 7.40. The summed E-state index contributed by atoms with van der Waals surface area (Å²) < 4.78 is 14.8. The molecule has 2 aromatic rings. The Labute approximate surface area is 136 Å². The standard InChI is InChI=1S/C18H24FN3O/c1-5-6-12(2)18(23)21-13(3)17-11-20-22(14(17)4)16-9-7-15(19)8-10-16/h7-13H,5-6H2,1-4H3,(H,21,23). The van der Waals surface area contributed by atoms with E-state index in [1.807, 2.05) is 20.8 Å². The van der Waals surface area contributed by atoms with E-state index >= 15 is 0 Å². The first kappa shape index (κ1) is 17.2. The van der Waals surface area contributed by atoms with Gasteiger partial charge in [-0.15, -0.1) is 0 Å². The van der Waals surface area contributed by atoms with Crippen molar-refractivity contribution in [1.82, 2.24) is 15.1 Å². The highest BCUT2D eigenvalue weighted by Crippen LogP contribution is 2.21. The Morgan fingerprint density at radius 2 is 1.96 bits per heavy atom. The van der Waals surface area contributed by atoms with Crippen molar-refractivity contribution in [3.05, 3.63) is 47.5 Å². The molecule has 1 aromatic carbocycles. The van der Waals surface area contributed by atoms with Crippen LogP contribution in [-0.4, -0.2) is 15.7 Å². The molecule has 2 unspecified atom stereocenters. The molecule has 0 aliphatic rings. The first-order valence-corrected chi connectivity index (χ1v) is 8.04. The normalized spacial score (nSPS) is 13.6. The van der Waals surface area contributed by atoms with Gasteiger partial charge in [0.15, 0.2) is 0 Å². The maximum absolute atomic E-state index is 13.0. The third-order valence-corrected chi connectivity index (χ3v) is 4.11. The number of benzene rings is 1. The number of carbonyl (C=O) groups is 1. The summed E-state index contributed by atoms with van der Waals surface area (Å²) in [6.45, 7) is 7.92. The van der Waals surface area contributed by atoms with Crippen LogP contribution in [0, 0.1) is 18.7 Å². The Kier molecular flexibility index (Phi) is 5.53. The number of nitrogens with one attached hydrogen (secondary N) is 1. The largest absolute Gasteiger partial charge is 0.349 e. The fourth-order valence-corrected chi connectivity index (χ4v) is 2.69. The van der Waals surface area contributed by atoms with Crippen molar-refractivity contribution in [1.29, 1.82) is 0 Å². The van der Waals surface area contributed by atoms with E-state index in [0.717, 1.165) is 29.8 Å². The minimum absolute atomic E-state index is 0.00917. The molecule has 5 heteroatoms. The summed E-state index contributed by atoms with van der Waals surface area (Å²) in [6, 6.07) is 6.08. The van der Waals surface area contributed by atoms with Gasteiger partial charge in [-0.3, -0.25) is 4.79 Å². The SMILES string of the molecule is CCCC(C)C(=O)NC(C)c1cnn(-c2ccc(F)cc2)c1C. The van der Waals surface area contributed by atoms with Crippen LogP contribution in [0.5, 0.6) is 0 Å². The van der Waals surface area contributed by atoms with Crippen LogP contribution in [0.15, 0.2) is 30.5 Å². The zero-order valence-corrected chi connectivity index (χ0v) is 14.1. The number of aromatic nitrogens is 2. The summed E-state index contributed by atoms with van der Waals surface area (Å²) in [4.78, 5) is 12.2. The quantitative estimate of drug-likeness (QED) is 0.877. The maximum atomic E-state index is 13.0. The van der Waals surface area contributed by atoms with Gasteiger partial charge in [-0.25, -0.2) is 9.07 Å². The number of hydrogen-bond acceptors (Lipinski definition) is 2. The second-order valence-electron chi connectivity index (χ2n) is 5.99. The van der Waals surface area contributed by atoms with Gasteiger partial charge >= 0.3 is 0 Å². The number of amides is 1. The molecular formula is C18H24FN3O. The molecule has 0 radical (unpaired) electrons. The molecule has 0 spiro atoms. The predicted molar refractivity (Wildman–Crippen MR) is 88.9 cm³/mol. The lowest BCUT2D eigenvalue weighted by Gasteiger charge is -2.17. The Morgan fingerprint density at radius 1 is 1.30 bits per heavy atom. The van der Waals surface area contributed by atoms with Gasteiger partial charge in [-0.05, 0) is 44.5 Å². The third kappa shape index (κ3) is 3.97. The van der Waals surface area contributed by atoms with Gasteiger partial charge in [0, 0.05) is 17.2 Å². The molecule has 2 rings (SSSR count). The zero-order valence-electron chi connectivity index (χ0n) is 14.1. The molecule has 0 bridgehead atoms. The van der Waals surface area contributed by atoms with Gasteiger partial charge in [0.2, 0.25) is 5.91 Å². The molecular weight excluding hydrogens is 293 g/mol. The van der Waals surface area contributed by atoms with Crippen molar-refractivity contribution in [3.63, 3.8) is 0 Å². The zero-order chi connectivity index (χ0) is 17.0. The number of hydrogen-bond donors (Lipinski definition) is 1. The lowest BCUT2D eigenvalue weighted by molar-refractivity contribution is -0.125. The third-order valence-electron chi connectivity index (χ3n) is 4.11. The molecule has 0 saturated heterocycles. The van der Waals surface area contributed by atoms with Gasteiger partial charge < -0.3 is 5.32 Å². The van der Waals surface area contributed by atoms with Crippen LogP contribution in [0.2, 0.25) is 0 Å². The predicted octanol–water partition coefficient (Wildman–Crippen LogP) is 3.93. The second-order valence-corrected chi connectivity index (χ2v) is 5.99. The van der Waals surface area contributed by atoms with Crippen molar-refractivity contribution >= 4 is 5.91 Å². The van der Waals surface area contributed by atoms with E-state index in [2.05, 4.69) is 17.3 Å². The average molecular weight is 317 g/mol. The minimum atomic E-state index is -0.274. The van der Waals surface area contributed by atoms with E-state index in [9.17, 15) is 9.18 Å². The molecule has 0 aliphatic heterocycles. The summed E-state index contributed by atoms with van der Waals surface area (Å²) in [6.07, 6.45) is 3.63. The number of nitrogens with zero attached hydrogens (tertiary/aromatic N) is 2. The van der Waals surface area contributed by atoms with Gasteiger partial charge in [0.1, 0.15) is 5.82 Å². The first-order valence-electron chi connectivity index (χ1n) is 8.04. The van der Waals surface area contributed by atoms with E-state index in [-0.39, 0.29) is 23.7 Å². The van der Waals surface area contributed by atoms with Crippen molar-refractivity contribution in [2.45, 2.75) is 46.6 Å². The molecule has 1 N–H and O–H groups in total. The Hall–Kier alpha value is -2.17. The topological polar surface area (TPSA) is 46.9 Å². The van der Waals surface area contributed by atoms with Gasteiger partial charge in [0.05, 0.1) is 17.9 Å². The van der Waals surface area contributed by atoms with Crippen molar-refractivity contribution in [3.8, 4) is 5.69 Å². The molecule has 1 aromatic heterocycles. The molecule has 0 aliphatic carbocycles. The van der Waals surface area contributed by atoms with Crippen LogP contribution in [0.3, 0.4) is 0 Å². The Morgan fingerprint density at radius 3 is 2.57 bits per heavy atom. The number of carbonyl (C=O) groups excluding carboxylic acids is 1. The molecule has 0 fully saturated rings. The molecule has 2 atom stereocenters. The molecule has 4 nitrogen and oxygen atoms in total. The summed E-state index contributed by atoms with van der Waals surface area (Å²) in [7, 11) is 0. The van der Waals surface area contributed by atoms with Crippen LogP contribution in [0.1, 0.15) is 50.9 Å². The maximum Gasteiger partial charge on any atom is 0.223 e. The minimum Gasteiger partial charge on any atom is -0.349 e. The van der Waals surface area contributed by atoms with Crippen molar-refractivity contribution in [2.75, 3.05) is 0 Å². The first-order chi connectivity index (χ1) is 10.9. The summed E-state index contributed by atoms with van der Waals surface area (Å²) in [5.41, 5.74) is 2.70. The molecule has 124 valence electrons. The van der Waals surface area contributed by atoms with E-state index < -0.39 is 0 Å². The molecule has 1 amide bonds. The number of rotatable bonds is 6. The van der Waals surface area contributed by atoms with Gasteiger partial charge in [-0.1, -0.05) is 20.3 Å². The average Bonchev–Trinajstić information content (AvgIpc) is 2.90.